The predicted molar refractivity (Wildman–Crippen MR) is 84.0 cm³/mol. The number of aliphatic hydroxyl groups is 1. The number of hydrogen-bond donors (Lipinski definition) is 1. The molecule has 1 aliphatic rings. The van der Waals surface area contributed by atoms with Gasteiger partial charge in [0, 0.05) is 24.9 Å². The molecule has 1 aromatic carbocycles. The second-order valence-electron chi connectivity index (χ2n) is 6.18. The Morgan fingerprint density at radius 2 is 1.71 bits per heavy atom. The number of hydrogen-bond acceptors (Lipinski definition) is 4. The lowest BCUT2D eigenvalue weighted by molar-refractivity contribution is 0.0411. The normalized spacial score (nSPS) is 25.7. The van der Waals surface area contributed by atoms with Crippen molar-refractivity contribution >= 4 is 9.84 Å². The summed E-state index contributed by atoms with van der Waals surface area (Å²) in [6.07, 6.45) is 4.20. The third kappa shape index (κ3) is 4.05. The Morgan fingerprint density at radius 3 is 2.19 bits per heavy atom. The third-order valence-electron chi connectivity index (χ3n) is 4.45. The fourth-order valence-corrected chi connectivity index (χ4v) is 3.71. The lowest BCUT2D eigenvalue weighted by Crippen LogP contribution is -2.45. The van der Waals surface area contributed by atoms with Crippen molar-refractivity contribution in [1.82, 2.24) is 4.90 Å². The second kappa shape index (κ2) is 6.46. The summed E-state index contributed by atoms with van der Waals surface area (Å²) in [5.41, 5.74) is 0.771. The second-order valence-corrected chi connectivity index (χ2v) is 8.20. The van der Waals surface area contributed by atoms with E-state index >= 15 is 0 Å². The molecular formula is C16H25NO3S. The summed E-state index contributed by atoms with van der Waals surface area (Å²) >= 11 is 0. The molecule has 0 aromatic heterocycles. The molecule has 1 aromatic rings. The van der Waals surface area contributed by atoms with Gasteiger partial charge >= 0.3 is 0 Å². The van der Waals surface area contributed by atoms with E-state index in [0.29, 0.717) is 18.6 Å². The standard InChI is InChI=1S/C16H25NO3S/c1-12-5-4-6-13(2)17(12)11-16(18)14-7-9-15(10-8-14)21(3,19)20/h7-10,12-13,16,18H,4-6,11H2,1-3H3. The monoisotopic (exact) mass is 311 g/mol. The number of benzene rings is 1. The van der Waals surface area contributed by atoms with E-state index in [2.05, 4.69) is 18.7 Å². The zero-order chi connectivity index (χ0) is 15.6. The van der Waals surface area contributed by atoms with Crippen molar-refractivity contribution in [1.29, 1.82) is 0 Å². The summed E-state index contributed by atoms with van der Waals surface area (Å²) < 4.78 is 22.9. The molecule has 118 valence electrons. The van der Waals surface area contributed by atoms with Crippen molar-refractivity contribution in [2.24, 2.45) is 0 Å². The van der Waals surface area contributed by atoms with Crippen LogP contribution in [0.4, 0.5) is 0 Å². The molecule has 0 bridgehead atoms. The summed E-state index contributed by atoms with van der Waals surface area (Å²) in [4.78, 5) is 2.64. The summed E-state index contributed by atoms with van der Waals surface area (Å²) in [6, 6.07) is 7.52. The van der Waals surface area contributed by atoms with Crippen LogP contribution in [-0.2, 0) is 9.84 Å². The summed E-state index contributed by atoms with van der Waals surface area (Å²) in [6.45, 7) is 5.00. The van der Waals surface area contributed by atoms with Crippen LogP contribution in [0.1, 0.15) is 44.8 Å². The highest BCUT2D eigenvalue weighted by molar-refractivity contribution is 7.90. The molecule has 0 saturated carbocycles. The minimum Gasteiger partial charge on any atom is -0.387 e. The van der Waals surface area contributed by atoms with Gasteiger partial charge in [-0.15, -0.1) is 0 Å². The minimum atomic E-state index is -3.18. The van der Waals surface area contributed by atoms with Gasteiger partial charge in [0.15, 0.2) is 9.84 Å². The first-order valence-corrected chi connectivity index (χ1v) is 9.42. The number of nitrogens with zero attached hydrogens (tertiary/aromatic N) is 1. The number of rotatable bonds is 4. The van der Waals surface area contributed by atoms with E-state index in [1.165, 1.54) is 25.5 Å². The summed E-state index contributed by atoms with van der Waals surface area (Å²) in [5.74, 6) is 0. The van der Waals surface area contributed by atoms with Gasteiger partial charge in [-0.25, -0.2) is 8.42 Å². The minimum absolute atomic E-state index is 0.290. The van der Waals surface area contributed by atoms with Crippen LogP contribution in [0.25, 0.3) is 0 Å². The largest absolute Gasteiger partial charge is 0.387 e. The molecule has 1 heterocycles. The summed E-state index contributed by atoms with van der Waals surface area (Å²) in [7, 11) is -3.18. The molecule has 0 aliphatic carbocycles. The van der Waals surface area contributed by atoms with Crippen molar-refractivity contribution in [2.75, 3.05) is 12.8 Å². The van der Waals surface area contributed by atoms with Crippen molar-refractivity contribution in [2.45, 2.75) is 56.2 Å². The zero-order valence-corrected chi connectivity index (χ0v) is 13.8. The van der Waals surface area contributed by atoms with E-state index in [1.807, 2.05) is 0 Å². The zero-order valence-electron chi connectivity index (χ0n) is 13.0. The van der Waals surface area contributed by atoms with Crippen molar-refractivity contribution in [3.63, 3.8) is 0 Å². The molecule has 0 radical (unpaired) electrons. The van der Waals surface area contributed by atoms with Gasteiger partial charge in [-0.2, -0.15) is 0 Å². The van der Waals surface area contributed by atoms with Crippen molar-refractivity contribution in [3.05, 3.63) is 29.8 Å². The lowest BCUT2D eigenvalue weighted by atomic mass is 9.96. The summed E-state index contributed by atoms with van der Waals surface area (Å²) in [5, 5.41) is 10.4. The molecule has 4 nitrogen and oxygen atoms in total. The Bertz CT molecular complexity index is 558. The molecule has 0 spiro atoms. The number of sulfone groups is 1. The highest BCUT2D eigenvalue weighted by Crippen LogP contribution is 2.26. The smallest absolute Gasteiger partial charge is 0.175 e. The molecule has 2 rings (SSSR count). The van der Waals surface area contributed by atoms with E-state index in [1.54, 1.807) is 24.3 Å². The molecule has 3 unspecified atom stereocenters. The molecule has 5 heteroatoms. The molecule has 21 heavy (non-hydrogen) atoms. The first kappa shape index (κ1) is 16.5. The lowest BCUT2D eigenvalue weighted by Gasteiger charge is -2.40. The molecule has 1 N–H and O–H groups in total. The van der Waals surface area contributed by atoms with Gasteiger partial charge in [-0.3, -0.25) is 4.90 Å². The predicted octanol–water partition coefficient (Wildman–Crippen LogP) is 2.39. The number of aliphatic hydroxyl groups excluding tert-OH is 1. The maximum absolute atomic E-state index is 11.4. The van der Waals surface area contributed by atoms with Gasteiger partial charge in [0.05, 0.1) is 11.0 Å². The Labute approximate surface area is 127 Å². The van der Waals surface area contributed by atoms with Crippen LogP contribution >= 0.6 is 0 Å². The van der Waals surface area contributed by atoms with Crippen LogP contribution in [0.3, 0.4) is 0 Å². The molecule has 1 fully saturated rings. The van der Waals surface area contributed by atoms with E-state index in [4.69, 9.17) is 0 Å². The topological polar surface area (TPSA) is 57.6 Å². The maximum Gasteiger partial charge on any atom is 0.175 e. The first-order valence-electron chi connectivity index (χ1n) is 7.53. The van der Waals surface area contributed by atoms with Crippen molar-refractivity contribution < 1.29 is 13.5 Å². The van der Waals surface area contributed by atoms with Gasteiger partial charge in [0.2, 0.25) is 0 Å². The van der Waals surface area contributed by atoms with Gasteiger partial charge < -0.3 is 5.11 Å². The molecule has 0 amide bonds. The SMILES string of the molecule is CC1CCCC(C)N1CC(O)c1ccc(S(C)(=O)=O)cc1. The highest BCUT2D eigenvalue weighted by Gasteiger charge is 2.26. The van der Waals surface area contributed by atoms with E-state index in [0.717, 1.165) is 5.56 Å². The van der Waals surface area contributed by atoms with Crippen LogP contribution in [-0.4, -0.2) is 43.3 Å². The highest BCUT2D eigenvalue weighted by atomic mass is 32.2. The van der Waals surface area contributed by atoms with Crippen LogP contribution < -0.4 is 0 Å². The average Bonchev–Trinajstić information content (AvgIpc) is 2.42. The third-order valence-corrected chi connectivity index (χ3v) is 5.58. The average molecular weight is 311 g/mol. The van der Waals surface area contributed by atoms with Gasteiger partial charge in [-0.05, 0) is 44.4 Å². The Hall–Kier alpha value is -0.910. The number of piperidine rings is 1. The van der Waals surface area contributed by atoms with E-state index in [9.17, 15) is 13.5 Å². The van der Waals surface area contributed by atoms with Gasteiger partial charge in [0.25, 0.3) is 0 Å². The quantitative estimate of drug-likeness (QED) is 0.927. The maximum atomic E-state index is 11.4. The van der Waals surface area contributed by atoms with Gasteiger partial charge in [-0.1, -0.05) is 18.6 Å². The Morgan fingerprint density at radius 1 is 1.19 bits per heavy atom. The number of β-amino-alcohol motifs (C(OH)–C–C–N with tert-alkyl or cyclic N) is 1. The molecular weight excluding hydrogens is 286 g/mol. The van der Waals surface area contributed by atoms with Crippen LogP contribution in [0.5, 0.6) is 0 Å². The molecule has 1 aliphatic heterocycles. The van der Waals surface area contributed by atoms with Crippen LogP contribution in [0.15, 0.2) is 29.2 Å². The van der Waals surface area contributed by atoms with E-state index in [-0.39, 0.29) is 4.90 Å². The van der Waals surface area contributed by atoms with Crippen LogP contribution in [0, 0.1) is 0 Å². The molecule has 3 atom stereocenters. The van der Waals surface area contributed by atoms with Crippen molar-refractivity contribution in [3.8, 4) is 0 Å². The fraction of sp³-hybridized carbons (Fsp3) is 0.625. The van der Waals surface area contributed by atoms with Gasteiger partial charge in [0.1, 0.15) is 0 Å². The fourth-order valence-electron chi connectivity index (χ4n) is 3.08. The van der Waals surface area contributed by atoms with Crippen LogP contribution in [0.2, 0.25) is 0 Å². The Kier molecular flexibility index (Phi) is 5.07. The number of likely N-dealkylation sites (tertiary alicyclic amines) is 1. The first-order chi connectivity index (χ1) is 9.79. The van der Waals surface area contributed by atoms with E-state index < -0.39 is 15.9 Å². The Balaban J connectivity index is 2.08. The molecule has 1 saturated heterocycles.